The minimum atomic E-state index is -1.05. The Hall–Kier alpha value is -1.40. The van der Waals surface area contributed by atoms with Crippen molar-refractivity contribution in [2.24, 2.45) is 0 Å². The molecule has 1 rings (SSSR count). The van der Waals surface area contributed by atoms with Crippen molar-refractivity contribution in [3.63, 3.8) is 0 Å². The van der Waals surface area contributed by atoms with E-state index >= 15 is 0 Å². The van der Waals surface area contributed by atoms with Crippen LogP contribution in [0.5, 0.6) is 0 Å². The molecule has 1 aliphatic rings. The molecule has 2 unspecified atom stereocenters. The third kappa shape index (κ3) is 4.65. The summed E-state index contributed by atoms with van der Waals surface area (Å²) in [4.78, 5) is 24.6. The van der Waals surface area contributed by atoms with Gasteiger partial charge in [-0.3, -0.25) is 4.79 Å². The second kappa shape index (κ2) is 7.25. The van der Waals surface area contributed by atoms with Crippen molar-refractivity contribution in [1.82, 2.24) is 4.90 Å². The van der Waals surface area contributed by atoms with Gasteiger partial charge in [-0.1, -0.05) is 6.08 Å². The van der Waals surface area contributed by atoms with Crippen molar-refractivity contribution >= 4 is 11.9 Å². The van der Waals surface area contributed by atoms with Crippen molar-refractivity contribution < 1.29 is 24.2 Å². The van der Waals surface area contributed by atoms with Crippen LogP contribution >= 0.6 is 0 Å². The fourth-order valence-electron chi connectivity index (χ4n) is 1.92. The summed E-state index contributed by atoms with van der Waals surface area (Å²) < 4.78 is 10.6. The van der Waals surface area contributed by atoms with Gasteiger partial charge in [-0.2, -0.15) is 0 Å². The fourth-order valence-corrected chi connectivity index (χ4v) is 1.92. The molecule has 0 bridgehead atoms. The molecule has 1 saturated heterocycles. The smallest absolute Gasteiger partial charge is 0.334 e. The lowest BCUT2D eigenvalue weighted by Gasteiger charge is -2.36. The van der Waals surface area contributed by atoms with Crippen molar-refractivity contribution in [1.29, 1.82) is 0 Å². The van der Waals surface area contributed by atoms with Crippen molar-refractivity contribution in [3.05, 3.63) is 12.7 Å². The maximum atomic E-state index is 12.1. The maximum absolute atomic E-state index is 12.1. The number of morpholine rings is 1. The van der Waals surface area contributed by atoms with Crippen LogP contribution in [0.15, 0.2) is 12.7 Å². The van der Waals surface area contributed by atoms with Crippen molar-refractivity contribution in [2.45, 2.75) is 38.6 Å². The predicted molar refractivity (Wildman–Crippen MR) is 68.8 cm³/mol. The number of amides is 1. The monoisotopic (exact) mass is 271 g/mol. The number of carbonyl (C=O) groups is 2. The summed E-state index contributed by atoms with van der Waals surface area (Å²) in [5.74, 6) is -1.25. The van der Waals surface area contributed by atoms with Gasteiger partial charge in [0.05, 0.1) is 19.3 Å². The molecule has 1 heterocycles. The van der Waals surface area contributed by atoms with Gasteiger partial charge < -0.3 is 19.5 Å². The van der Waals surface area contributed by atoms with Crippen LogP contribution in [0.1, 0.15) is 20.3 Å². The molecule has 108 valence electrons. The zero-order chi connectivity index (χ0) is 14.4. The van der Waals surface area contributed by atoms with Gasteiger partial charge in [0.2, 0.25) is 0 Å². The normalized spacial score (nSPS) is 24.8. The number of hydrogen-bond donors (Lipinski definition) is 1. The van der Waals surface area contributed by atoms with E-state index in [2.05, 4.69) is 6.58 Å². The first-order chi connectivity index (χ1) is 8.95. The highest BCUT2D eigenvalue weighted by Crippen LogP contribution is 2.13. The van der Waals surface area contributed by atoms with Crippen LogP contribution in [0.4, 0.5) is 0 Å². The second-order valence-electron chi connectivity index (χ2n) is 4.61. The molecule has 19 heavy (non-hydrogen) atoms. The van der Waals surface area contributed by atoms with Crippen LogP contribution in [0.25, 0.3) is 0 Å². The van der Waals surface area contributed by atoms with E-state index in [-0.39, 0.29) is 18.6 Å². The van der Waals surface area contributed by atoms with Gasteiger partial charge in [-0.25, -0.2) is 4.79 Å². The average Bonchev–Trinajstić information content (AvgIpc) is 2.37. The highest BCUT2D eigenvalue weighted by Gasteiger charge is 2.34. The van der Waals surface area contributed by atoms with Gasteiger partial charge in [0, 0.05) is 6.54 Å². The molecule has 1 amide bonds. The molecule has 6 nitrogen and oxygen atoms in total. The number of carboxylic acids is 1. The Morgan fingerprint density at radius 2 is 2.26 bits per heavy atom. The summed E-state index contributed by atoms with van der Waals surface area (Å²) in [6, 6.07) is 0. The van der Waals surface area contributed by atoms with E-state index in [0.717, 1.165) is 0 Å². The highest BCUT2D eigenvalue weighted by molar-refractivity contribution is 5.82. The lowest BCUT2D eigenvalue weighted by molar-refractivity contribution is -0.170. The molecule has 0 aromatic carbocycles. The number of aliphatic carboxylic acids is 1. The molecule has 0 spiro atoms. The molecule has 0 saturated carbocycles. The summed E-state index contributed by atoms with van der Waals surface area (Å²) in [6.45, 7) is 7.87. The predicted octanol–water partition coefficient (Wildman–Crippen LogP) is 0.668. The first-order valence-corrected chi connectivity index (χ1v) is 6.35. The minimum Gasteiger partial charge on any atom is -0.479 e. The number of carboxylic acid groups (broad SMARTS) is 1. The zero-order valence-electron chi connectivity index (χ0n) is 11.4. The SMILES string of the molecule is C=CCCOC(C)C(=O)N1CC(C(=O)O)O[C@H](C)C1. The molecular weight excluding hydrogens is 250 g/mol. The minimum absolute atomic E-state index is 0.0632. The van der Waals surface area contributed by atoms with Crippen LogP contribution in [0, 0.1) is 0 Å². The molecule has 1 aliphatic heterocycles. The zero-order valence-corrected chi connectivity index (χ0v) is 11.4. The van der Waals surface area contributed by atoms with Crippen LogP contribution in [-0.4, -0.2) is 59.9 Å². The number of rotatable bonds is 6. The van der Waals surface area contributed by atoms with Gasteiger partial charge in [0.1, 0.15) is 6.10 Å². The molecule has 1 fully saturated rings. The quantitative estimate of drug-likeness (QED) is 0.567. The molecule has 0 aliphatic carbocycles. The summed E-state index contributed by atoms with van der Waals surface area (Å²) in [6.07, 6.45) is 0.551. The molecule has 3 atom stereocenters. The van der Waals surface area contributed by atoms with E-state index in [1.165, 1.54) is 4.90 Å². The third-order valence-electron chi connectivity index (χ3n) is 2.88. The molecule has 0 aromatic rings. The van der Waals surface area contributed by atoms with Gasteiger partial charge in [-0.15, -0.1) is 6.58 Å². The van der Waals surface area contributed by atoms with E-state index in [1.54, 1.807) is 19.9 Å². The maximum Gasteiger partial charge on any atom is 0.334 e. The van der Waals surface area contributed by atoms with Gasteiger partial charge in [-0.05, 0) is 20.3 Å². The summed E-state index contributed by atoms with van der Waals surface area (Å²) in [5.41, 5.74) is 0. The van der Waals surface area contributed by atoms with Crippen molar-refractivity contribution in [2.75, 3.05) is 19.7 Å². The Morgan fingerprint density at radius 3 is 2.84 bits per heavy atom. The van der Waals surface area contributed by atoms with Crippen LogP contribution in [0.3, 0.4) is 0 Å². The van der Waals surface area contributed by atoms with Crippen LogP contribution in [-0.2, 0) is 19.1 Å². The molecule has 0 radical (unpaired) electrons. The Bertz CT molecular complexity index is 344. The lowest BCUT2D eigenvalue weighted by atomic mass is 10.2. The van der Waals surface area contributed by atoms with Crippen LogP contribution < -0.4 is 0 Å². The average molecular weight is 271 g/mol. The third-order valence-corrected chi connectivity index (χ3v) is 2.88. The first kappa shape index (κ1) is 15.7. The number of nitrogens with zero attached hydrogens (tertiary/aromatic N) is 1. The Labute approximate surface area is 113 Å². The molecule has 1 N–H and O–H groups in total. The molecule has 6 heteroatoms. The first-order valence-electron chi connectivity index (χ1n) is 6.35. The van der Waals surface area contributed by atoms with E-state index in [4.69, 9.17) is 14.6 Å². The number of carbonyl (C=O) groups excluding carboxylic acids is 1. The summed E-state index contributed by atoms with van der Waals surface area (Å²) in [7, 11) is 0. The van der Waals surface area contributed by atoms with Gasteiger partial charge >= 0.3 is 5.97 Å². The summed E-state index contributed by atoms with van der Waals surface area (Å²) >= 11 is 0. The lowest BCUT2D eigenvalue weighted by Crippen LogP contribution is -2.54. The van der Waals surface area contributed by atoms with Crippen LogP contribution in [0.2, 0.25) is 0 Å². The fraction of sp³-hybridized carbons (Fsp3) is 0.692. The number of ether oxygens (including phenoxy) is 2. The molecular formula is C13H21NO5. The van der Waals surface area contributed by atoms with Gasteiger partial charge in [0.15, 0.2) is 6.10 Å². The van der Waals surface area contributed by atoms with E-state index in [1.807, 2.05) is 0 Å². The molecule has 0 aromatic heterocycles. The highest BCUT2D eigenvalue weighted by atomic mass is 16.5. The topological polar surface area (TPSA) is 76.1 Å². The summed E-state index contributed by atoms with van der Waals surface area (Å²) in [5, 5.41) is 8.96. The van der Waals surface area contributed by atoms with Gasteiger partial charge in [0.25, 0.3) is 5.91 Å². The number of hydrogen-bond acceptors (Lipinski definition) is 4. The largest absolute Gasteiger partial charge is 0.479 e. The van der Waals surface area contributed by atoms with E-state index in [0.29, 0.717) is 19.6 Å². The van der Waals surface area contributed by atoms with E-state index in [9.17, 15) is 9.59 Å². The van der Waals surface area contributed by atoms with E-state index < -0.39 is 18.2 Å². The Kier molecular flexibility index (Phi) is 5.98. The van der Waals surface area contributed by atoms with Crippen molar-refractivity contribution in [3.8, 4) is 0 Å². The Morgan fingerprint density at radius 1 is 1.58 bits per heavy atom. The standard InChI is InChI=1S/C13H21NO5/c1-4-5-6-18-10(3)12(15)14-7-9(2)19-11(8-14)13(16)17/h4,9-11H,1,5-8H2,2-3H3,(H,16,17)/t9-,10?,11?/m1/s1. The second-order valence-corrected chi connectivity index (χ2v) is 4.61. The Balaban J connectivity index is 2.54.